The van der Waals surface area contributed by atoms with Gasteiger partial charge in [-0.15, -0.1) is 0 Å². The molecule has 10 nitrogen and oxygen atoms in total. The first-order chi connectivity index (χ1) is 13.3. The van der Waals surface area contributed by atoms with Crippen molar-refractivity contribution < 1.29 is 34.5 Å². The van der Waals surface area contributed by atoms with E-state index in [-0.39, 0.29) is 29.5 Å². The Labute approximate surface area is 158 Å². The summed E-state index contributed by atoms with van der Waals surface area (Å²) in [6.07, 6.45) is -0.0770. The van der Waals surface area contributed by atoms with Gasteiger partial charge in [0.1, 0.15) is 17.5 Å². The number of carboxylic acids is 2. The maximum absolute atomic E-state index is 12.7. The summed E-state index contributed by atoms with van der Waals surface area (Å²) in [4.78, 5) is 50.6. The van der Waals surface area contributed by atoms with Gasteiger partial charge in [-0.25, -0.2) is 9.59 Å². The molecule has 3 aliphatic rings. The number of piperidine rings is 1. The summed E-state index contributed by atoms with van der Waals surface area (Å²) in [6.45, 7) is 0.200. The van der Waals surface area contributed by atoms with Crippen LogP contribution in [0.5, 0.6) is 5.75 Å². The number of carbonyl (C=O) groups is 4. The average molecular weight is 387 g/mol. The topological polar surface area (TPSA) is 147 Å². The predicted octanol–water partition coefficient (Wildman–Crippen LogP) is 0.652. The number of hydrogen-bond acceptors (Lipinski definition) is 5. The Bertz CT molecular complexity index is 924. The second kappa shape index (κ2) is 6.25. The number of nitrogens with one attached hydrogen (secondary N) is 1. The number of phenolic OH excluding ortho intramolecular Hbond substituents is 1. The molecule has 28 heavy (non-hydrogen) atoms. The summed E-state index contributed by atoms with van der Waals surface area (Å²) < 4.78 is 0. The Balaban J connectivity index is 1.57. The Morgan fingerprint density at radius 2 is 1.82 bits per heavy atom. The van der Waals surface area contributed by atoms with E-state index in [2.05, 4.69) is 5.32 Å². The monoisotopic (exact) mass is 387 g/mol. The number of amides is 3. The summed E-state index contributed by atoms with van der Waals surface area (Å²) in [5.74, 6) is -3.35. The van der Waals surface area contributed by atoms with Crippen LogP contribution in [0.4, 0.5) is 10.5 Å². The van der Waals surface area contributed by atoms with Gasteiger partial charge in [-0.2, -0.15) is 0 Å². The SMILES string of the molecule is O=C(O)CC1=C(C(=O)O)N2C(=O)[C@@H]3[C@H]2C1CCN3C(=O)Nc1ccc(O)cc1. The predicted molar refractivity (Wildman–Crippen MR) is 93.3 cm³/mol. The number of rotatable bonds is 4. The molecule has 4 N–H and O–H groups in total. The molecular weight excluding hydrogens is 370 g/mol. The lowest BCUT2D eigenvalue weighted by Gasteiger charge is -2.53. The van der Waals surface area contributed by atoms with E-state index in [1.54, 1.807) is 0 Å². The van der Waals surface area contributed by atoms with E-state index in [9.17, 15) is 29.4 Å². The summed E-state index contributed by atoms with van der Waals surface area (Å²) in [5, 5.41) is 30.6. The lowest BCUT2D eigenvalue weighted by Crippen LogP contribution is -2.74. The first-order valence-electron chi connectivity index (χ1n) is 8.67. The van der Waals surface area contributed by atoms with E-state index in [0.29, 0.717) is 12.1 Å². The van der Waals surface area contributed by atoms with Crippen LogP contribution in [0.25, 0.3) is 0 Å². The number of anilines is 1. The summed E-state index contributed by atoms with van der Waals surface area (Å²) >= 11 is 0. The van der Waals surface area contributed by atoms with Crippen LogP contribution in [-0.4, -0.2) is 67.6 Å². The van der Waals surface area contributed by atoms with Gasteiger partial charge in [0.15, 0.2) is 0 Å². The molecule has 3 atom stereocenters. The molecule has 0 radical (unpaired) electrons. The fraction of sp³-hybridized carbons (Fsp3) is 0.333. The minimum Gasteiger partial charge on any atom is -0.508 e. The van der Waals surface area contributed by atoms with Crippen molar-refractivity contribution in [2.45, 2.75) is 24.9 Å². The summed E-state index contributed by atoms with van der Waals surface area (Å²) in [5.41, 5.74) is 0.412. The van der Waals surface area contributed by atoms with E-state index in [1.165, 1.54) is 29.2 Å². The molecule has 3 aliphatic heterocycles. The molecule has 4 rings (SSSR count). The van der Waals surface area contributed by atoms with Gasteiger partial charge >= 0.3 is 18.0 Å². The number of carbonyl (C=O) groups excluding carboxylic acids is 2. The van der Waals surface area contributed by atoms with Crippen LogP contribution in [0.1, 0.15) is 12.8 Å². The van der Waals surface area contributed by atoms with E-state index in [4.69, 9.17) is 5.11 Å². The van der Waals surface area contributed by atoms with Gasteiger partial charge in [-0.1, -0.05) is 0 Å². The number of β-lactam (4-membered cyclic amide) rings is 1. The number of carboxylic acid groups (broad SMARTS) is 2. The lowest BCUT2D eigenvalue weighted by molar-refractivity contribution is -0.160. The molecule has 0 aromatic heterocycles. The molecule has 0 bridgehead atoms. The Kier molecular flexibility index (Phi) is 3.98. The number of benzene rings is 1. The highest BCUT2D eigenvalue weighted by atomic mass is 16.4. The first-order valence-corrected chi connectivity index (χ1v) is 8.67. The number of aromatic hydroxyl groups is 1. The van der Waals surface area contributed by atoms with Crippen molar-refractivity contribution in [3.05, 3.63) is 35.5 Å². The number of urea groups is 1. The fourth-order valence-electron chi connectivity index (χ4n) is 4.36. The largest absolute Gasteiger partial charge is 0.508 e. The van der Waals surface area contributed by atoms with E-state index in [0.717, 1.165) is 4.90 Å². The van der Waals surface area contributed by atoms with Crippen LogP contribution < -0.4 is 5.32 Å². The van der Waals surface area contributed by atoms with Crippen LogP contribution in [0.2, 0.25) is 0 Å². The number of likely N-dealkylation sites (tertiary alicyclic amines) is 1. The molecule has 2 saturated heterocycles. The quantitative estimate of drug-likeness (QED) is 0.438. The van der Waals surface area contributed by atoms with Crippen molar-refractivity contribution >= 4 is 29.6 Å². The first kappa shape index (κ1) is 17.8. The van der Waals surface area contributed by atoms with Gasteiger partial charge in [0, 0.05) is 18.2 Å². The third-order valence-electron chi connectivity index (χ3n) is 5.46. The molecule has 1 unspecified atom stereocenters. The summed E-state index contributed by atoms with van der Waals surface area (Å²) in [7, 11) is 0. The van der Waals surface area contributed by atoms with Gasteiger partial charge in [-0.05, 0) is 36.3 Å². The van der Waals surface area contributed by atoms with Crippen molar-refractivity contribution in [2.24, 2.45) is 5.92 Å². The van der Waals surface area contributed by atoms with Crippen molar-refractivity contribution in [2.75, 3.05) is 11.9 Å². The second-order valence-corrected chi connectivity index (χ2v) is 6.96. The number of nitrogens with zero attached hydrogens (tertiary/aromatic N) is 2. The molecular formula is C18H17N3O7. The van der Waals surface area contributed by atoms with Crippen LogP contribution in [0, 0.1) is 5.92 Å². The maximum Gasteiger partial charge on any atom is 0.352 e. The van der Waals surface area contributed by atoms with E-state index >= 15 is 0 Å². The summed E-state index contributed by atoms with van der Waals surface area (Å²) in [6, 6.07) is 3.97. The Morgan fingerprint density at radius 1 is 1.14 bits per heavy atom. The smallest absolute Gasteiger partial charge is 0.352 e. The number of aliphatic carboxylic acids is 2. The molecule has 10 heteroatoms. The molecule has 3 heterocycles. The molecule has 0 saturated carbocycles. The average Bonchev–Trinajstić information content (AvgIpc) is 2.95. The van der Waals surface area contributed by atoms with Gasteiger partial charge in [0.25, 0.3) is 5.91 Å². The third kappa shape index (κ3) is 2.56. The zero-order valence-corrected chi connectivity index (χ0v) is 14.5. The molecule has 2 fully saturated rings. The van der Waals surface area contributed by atoms with Crippen molar-refractivity contribution in [1.29, 1.82) is 0 Å². The van der Waals surface area contributed by atoms with Crippen LogP contribution in [0.15, 0.2) is 35.5 Å². The molecule has 0 aliphatic carbocycles. The zero-order valence-electron chi connectivity index (χ0n) is 14.5. The van der Waals surface area contributed by atoms with Crippen molar-refractivity contribution in [1.82, 2.24) is 9.80 Å². The van der Waals surface area contributed by atoms with Crippen molar-refractivity contribution in [3.63, 3.8) is 0 Å². The van der Waals surface area contributed by atoms with Gasteiger partial charge in [0.05, 0.1) is 12.5 Å². The minimum atomic E-state index is -1.34. The fourth-order valence-corrected chi connectivity index (χ4v) is 4.36. The lowest BCUT2D eigenvalue weighted by atomic mass is 9.77. The molecule has 1 aromatic carbocycles. The van der Waals surface area contributed by atoms with Crippen LogP contribution in [0.3, 0.4) is 0 Å². The highest BCUT2D eigenvalue weighted by Gasteiger charge is 2.64. The highest BCUT2D eigenvalue weighted by molar-refractivity contribution is 6.04. The van der Waals surface area contributed by atoms with E-state index < -0.39 is 42.4 Å². The van der Waals surface area contributed by atoms with Gasteiger partial charge in [0.2, 0.25) is 0 Å². The zero-order chi connectivity index (χ0) is 20.2. The number of hydrogen-bond donors (Lipinski definition) is 4. The standard InChI is InChI=1S/C18H17N3O7/c22-9-3-1-8(2-4-9)19-18(28)20-6-5-10-11(7-12(23)24)14(17(26)27)21-13(10)15(20)16(21)25/h1-4,10,13,15,22H,5-7H2,(H,19,28)(H,23,24)(H,26,27)/t10?,13-,15+/m1/s1. The molecule has 146 valence electrons. The minimum absolute atomic E-state index is 0.0489. The third-order valence-corrected chi connectivity index (χ3v) is 5.46. The molecule has 0 spiro atoms. The molecule has 1 aromatic rings. The van der Waals surface area contributed by atoms with Crippen molar-refractivity contribution in [3.8, 4) is 5.75 Å². The Morgan fingerprint density at radius 3 is 2.43 bits per heavy atom. The maximum atomic E-state index is 12.7. The van der Waals surface area contributed by atoms with Crippen LogP contribution >= 0.6 is 0 Å². The Hall–Kier alpha value is -3.56. The normalized spacial score (nSPS) is 25.3. The van der Waals surface area contributed by atoms with Gasteiger partial charge < -0.3 is 25.5 Å². The highest BCUT2D eigenvalue weighted by Crippen LogP contribution is 2.49. The molecule has 3 amide bonds. The van der Waals surface area contributed by atoms with E-state index in [1.807, 2.05) is 0 Å². The number of phenols is 1. The van der Waals surface area contributed by atoms with Gasteiger partial charge in [-0.3, -0.25) is 14.5 Å². The van der Waals surface area contributed by atoms with Crippen LogP contribution in [-0.2, 0) is 14.4 Å². The second-order valence-electron chi connectivity index (χ2n) is 6.96.